The molecule has 12 heteroatoms. The Hall–Kier alpha value is -2.52. The summed E-state index contributed by atoms with van der Waals surface area (Å²) in [6.45, 7) is 6.84. The van der Waals surface area contributed by atoms with E-state index in [1.165, 1.54) is 23.1 Å². The number of hydrogen-bond donors (Lipinski definition) is 0. The van der Waals surface area contributed by atoms with Crippen molar-refractivity contribution in [3.63, 3.8) is 0 Å². The van der Waals surface area contributed by atoms with E-state index in [1.54, 1.807) is 11.1 Å². The molecule has 1 aliphatic rings. The SMILES string of the molecule is CC(C)(C)OC(=O)N1CCCC([As]c2ncnc3c2cnn3-c2ccc(S(C)(=O)=O)cc2F)C1. The number of aromatic nitrogens is 4. The van der Waals surface area contributed by atoms with Gasteiger partial charge >= 0.3 is 205 Å². The summed E-state index contributed by atoms with van der Waals surface area (Å²) in [5, 5.41) is 5.04. The number of ether oxygens (including phenoxy) is 1. The van der Waals surface area contributed by atoms with Crippen LogP contribution in [0, 0.1) is 5.82 Å². The number of nitrogens with zero attached hydrogens (tertiary/aromatic N) is 5. The Morgan fingerprint density at radius 1 is 1.26 bits per heavy atom. The van der Waals surface area contributed by atoms with Gasteiger partial charge in [0.1, 0.15) is 0 Å². The Morgan fingerprint density at radius 3 is 2.71 bits per heavy atom. The Kier molecular flexibility index (Phi) is 6.70. The third kappa shape index (κ3) is 5.41. The van der Waals surface area contributed by atoms with E-state index in [1.807, 2.05) is 20.8 Å². The Bertz CT molecular complexity index is 1340. The second-order valence-electron chi connectivity index (χ2n) is 9.23. The number of rotatable bonds is 4. The standard InChI is InChI=1S/C22H26AsFN5O4S/c1-22(2,3)33-21(30)28-9-5-6-14(12-28)23-19-16-11-27-29(20(16)26-13-25-19)18-8-7-15(10-17(18)24)34(4,31)32/h7-8,10-11,13-14H,5-6,9,12H2,1-4H3. The molecule has 1 radical (unpaired) electrons. The van der Waals surface area contributed by atoms with Crippen molar-refractivity contribution in [1.29, 1.82) is 0 Å². The zero-order valence-corrected chi connectivity index (χ0v) is 22.1. The van der Waals surface area contributed by atoms with Gasteiger partial charge in [-0.05, 0) is 0 Å². The number of amides is 1. The van der Waals surface area contributed by atoms with Crippen LogP contribution in [0.1, 0.15) is 33.6 Å². The van der Waals surface area contributed by atoms with Crippen LogP contribution in [0.15, 0.2) is 35.6 Å². The van der Waals surface area contributed by atoms with Crippen LogP contribution in [-0.4, -0.2) is 79.9 Å². The van der Waals surface area contributed by atoms with Gasteiger partial charge in [0, 0.05) is 0 Å². The fraction of sp³-hybridized carbons (Fsp3) is 0.455. The summed E-state index contributed by atoms with van der Waals surface area (Å²) in [5.41, 5.74) is 0.0168. The molecular weight excluding hydrogens is 524 g/mol. The van der Waals surface area contributed by atoms with Crippen molar-refractivity contribution in [1.82, 2.24) is 24.6 Å². The van der Waals surface area contributed by atoms with Gasteiger partial charge in [0.2, 0.25) is 0 Å². The second-order valence-corrected chi connectivity index (χ2v) is 14.2. The number of fused-ring (bicyclic) bond motifs is 1. The molecule has 0 N–H and O–H groups in total. The first-order valence-electron chi connectivity index (χ1n) is 10.8. The molecule has 9 nitrogen and oxygen atoms in total. The number of benzene rings is 1. The summed E-state index contributed by atoms with van der Waals surface area (Å²) in [6, 6.07) is 3.72. The zero-order chi connectivity index (χ0) is 24.7. The molecule has 1 aliphatic heterocycles. The summed E-state index contributed by atoms with van der Waals surface area (Å²) in [7, 11) is -3.53. The van der Waals surface area contributed by atoms with E-state index in [0.29, 0.717) is 18.7 Å². The molecule has 0 saturated carbocycles. The van der Waals surface area contributed by atoms with E-state index in [0.717, 1.165) is 35.0 Å². The van der Waals surface area contributed by atoms with Gasteiger partial charge in [0.25, 0.3) is 0 Å². The number of piperidine rings is 1. The molecule has 1 saturated heterocycles. The predicted molar refractivity (Wildman–Crippen MR) is 126 cm³/mol. The van der Waals surface area contributed by atoms with E-state index in [2.05, 4.69) is 15.1 Å². The van der Waals surface area contributed by atoms with Crippen LogP contribution in [-0.2, 0) is 14.6 Å². The van der Waals surface area contributed by atoms with Crippen LogP contribution >= 0.6 is 0 Å². The molecule has 1 fully saturated rings. The predicted octanol–water partition coefficient (Wildman–Crippen LogP) is 2.51. The first-order chi connectivity index (χ1) is 15.9. The van der Waals surface area contributed by atoms with Crippen LogP contribution in [0.2, 0.25) is 4.71 Å². The normalized spacial score (nSPS) is 17.6. The van der Waals surface area contributed by atoms with Crippen molar-refractivity contribution in [3.8, 4) is 5.69 Å². The van der Waals surface area contributed by atoms with Gasteiger partial charge in [-0.1, -0.05) is 0 Å². The first kappa shape index (κ1) is 24.6. The van der Waals surface area contributed by atoms with Crippen molar-refractivity contribution >= 4 is 47.2 Å². The van der Waals surface area contributed by atoms with Crippen LogP contribution in [0.25, 0.3) is 16.7 Å². The Balaban J connectivity index is 1.58. The zero-order valence-electron chi connectivity index (χ0n) is 19.4. The minimum atomic E-state index is -3.53. The summed E-state index contributed by atoms with van der Waals surface area (Å²) in [6.07, 6.45) is 5.65. The summed E-state index contributed by atoms with van der Waals surface area (Å²) in [4.78, 5) is 22.9. The number of carbonyl (C=O) groups excluding carboxylic acids is 1. The summed E-state index contributed by atoms with van der Waals surface area (Å²) in [5.74, 6) is -0.707. The molecule has 0 spiro atoms. The number of sulfone groups is 1. The molecule has 181 valence electrons. The van der Waals surface area contributed by atoms with Gasteiger partial charge in [-0.3, -0.25) is 0 Å². The minimum absolute atomic E-state index is 0.0997. The van der Waals surface area contributed by atoms with Gasteiger partial charge < -0.3 is 0 Å². The van der Waals surface area contributed by atoms with Crippen LogP contribution in [0.5, 0.6) is 0 Å². The second kappa shape index (κ2) is 9.26. The molecule has 1 aromatic carbocycles. The average molecular weight is 550 g/mol. The van der Waals surface area contributed by atoms with Gasteiger partial charge in [0.05, 0.1) is 0 Å². The average Bonchev–Trinajstić information content (AvgIpc) is 3.17. The molecule has 2 aromatic heterocycles. The van der Waals surface area contributed by atoms with E-state index < -0.39 is 37.0 Å². The van der Waals surface area contributed by atoms with Gasteiger partial charge in [-0.2, -0.15) is 0 Å². The molecule has 1 atom stereocenters. The van der Waals surface area contributed by atoms with Gasteiger partial charge in [-0.25, -0.2) is 0 Å². The quantitative estimate of drug-likeness (QED) is 0.460. The first-order valence-corrected chi connectivity index (χ1v) is 14.7. The number of halogens is 1. The number of carbonyl (C=O) groups is 1. The van der Waals surface area contributed by atoms with E-state index in [-0.39, 0.29) is 21.4 Å². The fourth-order valence-electron chi connectivity index (χ4n) is 3.73. The molecule has 0 bridgehead atoms. The maximum absolute atomic E-state index is 14.8. The van der Waals surface area contributed by atoms with E-state index in [9.17, 15) is 17.6 Å². The monoisotopic (exact) mass is 550 g/mol. The summed E-state index contributed by atoms with van der Waals surface area (Å²) >= 11 is -0.418. The molecule has 0 aliphatic carbocycles. The Morgan fingerprint density at radius 2 is 2.03 bits per heavy atom. The van der Waals surface area contributed by atoms with Crippen LogP contribution < -0.4 is 4.48 Å². The molecule has 3 aromatic rings. The van der Waals surface area contributed by atoms with Crippen molar-refractivity contribution in [2.45, 2.75) is 48.8 Å². The topological polar surface area (TPSA) is 107 Å². The van der Waals surface area contributed by atoms with Crippen molar-refractivity contribution in [2.75, 3.05) is 19.3 Å². The van der Waals surface area contributed by atoms with Crippen LogP contribution in [0.3, 0.4) is 0 Å². The number of likely N-dealkylation sites (tertiary alicyclic amines) is 1. The molecule has 34 heavy (non-hydrogen) atoms. The third-order valence-corrected chi connectivity index (χ3v) is 9.29. The van der Waals surface area contributed by atoms with Gasteiger partial charge in [0.15, 0.2) is 0 Å². The Labute approximate surface area is 204 Å². The van der Waals surface area contributed by atoms with E-state index >= 15 is 0 Å². The van der Waals surface area contributed by atoms with Crippen molar-refractivity contribution in [3.05, 3.63) is 36.5 Å². The molecule has 3 heterocycles. The fourth-order valence-corrected chi connectivity index (χ4v) is 7.19. The van der Waals surface area contributed by atoms with Crippen molar-refractivity contribution < 1.29 is 22.3 Å². The number of hydrogen-bond acceptors (Lipinski definition) is 7. The molecule has 1 unspecified atom stereocenters. The third-order valence-electron chi connectivity index (χ3n) is 5.27. The maximum atomic E-state index is 14.8. The summed E-state index contributed by atoms with van der Waals surface area (Å²) < 4.78 is 46.2. The van der Waals surface area contributed by atoms with Crippen molar-refractivity contribution in [2.24, 2.45) is 0 Å². The molecular formula is C22H26AsFN5O4S. The van der Waals surface area contributed by atoms with E-state index in [4.69, 9.17) is 4.74 Å². The van der Waals surface area contributed by atoms with Crippen LogP contribution in [0.4, 0.5) is 9.18 Å². The molecule has 4 rings (SSSR count). The molecule has 1 amide bonds. The van der Waals surface area contributed by atoms with Gasteiger partial charge in [-0.15, -0.1) is 0 Å².